The molecule has 7 rings (SSSR count). The third kappa shape index (κ3) is 6.46. The number of nitrogen functional groups attached to an aromatic ring is 1. The summed E-state index contributed by atoms with van der Waals surface area (Å²) in [5, 5.41) is 15.7. The van der Waals surface area contributed by atoms with Crippen LogP contribution in [0, 0.1) is 0 Å². The first-order valence-corrected chi connectivity index (χ1v) is 17.7. The van der Waals surface area contributed by atoms with E-state index in [0.717, 1.165) is 39.0 Å². The minimum atomic E-state index is -1.05. The first-order valence-electron chi connectivity index (χ1n) is 17.7. The highest BCUT2D eigenvalue weighted by Gasteiger charge is 2.44. The first kappa shape index (κ1) is 35.0. The van der Waals surface area contributed by atoms with Crippen LogP contribution in [0.3, 0.4) is 0 Å². The van der Waals surface area contributed by atoms with Crippen LogP contribution >= 0.6 is 0 Å². The molecule has 0 aliphatic rings. The van der Waals surface area contributed by atoms with E-state index in [1.807, 2.05) is 85.8 Å². The molecule has 6 nitrogen and oxygen atoms in total. The maximum absolute atomic E-state index is 10.1. The third-order valence-corrected chi connectivity index (χ3v) is 9.96. The van der Waals surface area contributed by atoms with Crippen molar-refractivity contribution in [2.45, 2.75) is 18.0 Å². The second-order valence-corrected chi connectivity index (χ2v) is 13.0. The molecule has 1 heterocycles. The van der Waals surface area contributed by atoms with E-state index in [9.17, 15) is 5.11 Å². The van der Waals surface area contributed by atoms with Crippen molar-refractivity contribution >= 4 is 22.9 Å². The number of hydrogen-bond acceptors (Lipinski definition) is 6. The molecule has 7 aromatic rings. The Kier molecular flexibility index (Phi) is 10.2. The average molecular weight is 694 g/mol. The zero-order chi connectivity index (χ0) is 36.7. The lowest BCUT2D eigenvalue weighted by molar-refractivity contribution is 0.343. The Hall–Kier alpha value is -6.47. The second-order valence-electron chi connectivity index (χ2n) is 13.0. The molecule has 53 heavy (non-hydrogen) atoms. The number of aromatic nitrogens is 1. The molecule has 0 saturated heterocycles. The maximum Gasteiger partial charge on any atom is 0.170 e. The Morgan fingerprint density at radius 1 is 0.604 bits per heavy atom. The molecule has 6 aromatic carbocycles. The molecule has 0 spiro atoms. The van der Waals surface area contributed by atoms with Crippen LogP contribution in [0.5, 0.6) is 0 Å². The van der Waals surface area contributed by atoms with E-state index in [2.05, 4.69) is 115 Å². The Morgan fingerprint density at radius 2 is 0.943 bits per heavy atom. The summed E-state index contributed by atoms with van der Waals surface area (Å²) in [7, 11) is 0. The highest BCUT2D eigenvalue weighted by atomic mass is 16.2. The Morgan fingerprint density at radius 3 is 1.28 bits per heavy atom. The van der Waals surface area contributed by atoms with Crippen LogP contribution in [0.1, 0.15) is 45.9 Å². The van der Waals surface area contributed by atoms with E-state index in [1.165, 1.54) is 0 Å². The van der Waals surface area contributed by atoms with Crippen molar-refractivity contribution in [3.05, 3.63) is 233 Å². The first-order chi connectivity index (χ1) is 26.0. The van der Waals surface area contributed by atoms with E-state index in [1.54, 1.807) is 11.1 Å². The molecule has 0 saturated carbocycles. The summed E-state index contributed by atoms with van der Waals surface area (Å²) in [6, 6.07) is 63.7. The van der Waals surface area contributed by atoms with Crippen LogP contribution in [-0.2, 0) is 11.1 Å². The molecule has 6 N–H and O–H groups in total. The lowest BCUT2D eigenvalue weighted by atomic mass is 9.76. The standard InChI is InChI=1S/C47H43N5O/c1-35(32-33-53)42-34-43(51-46(36-20-8-2-9-21-36,37-22-10-3-11-23-37)38-24-12-4-13-25-38)50-45(44(42)48)52(49)47(39-26-14-5-15-27-39,40-28-16-6-17-29-40)41-30-18-7-19-31-41/h2-32,34,53H,33,48-49H2,1H3,(H,50,51)/b35-32+. The number of allylic oxidation sites excluding steroid dienone is 1. The van der Waals surface area contributed by atoms with Gasteiger partial charge in [0.05, 0.1) is 12.3 Å². The lowest BCUT2D eigenvalue weighted by Crippen LogP contribution is -2.53. The van der Waals surface area contributed by atoms with Gasteiger partial charge in [-0.1, -0.05) is 188 Å². The van der Waals surface area contributed by atoms with Gasteiger partial charge in [0.15, 0.2) is 5.82 Å². The average Bonchev–Trinajstić information content (AvgIpc) is 3.23. The highest BCUT2D eigenvalue weighted by Crippen LogP contribution is 2.46. The minimum absolute atomic E-state index is 0.151. The molecule has 6 heteroatoms. The molecule has 0 radical (unpaired) electrons. The fourth-order valence-corrected chi connectivity index (χ4v) is 7.45. The summed E-state index contributed by atoms with van der Waals surface area (Å²) in [6.45, 7) is 1.79. The molecule has 0 bridgehead atoms. The monoisotopic (exact) mass is 693 g/mol. The summed E-state index contributed by atoms with van der Waals surface area (Å²) < 4.78 is 0. The number of nitrogens with one attached hydrogen (secondary N) is 1. The van der Waals surface area contributed by atoms with Crippen LogP contribution in [0.25, 0.3) is 5.57 Å². The molecule has 0 aliphatic carbocycles. The quantitative estimate of drug-likeness (QED) is 0.0579. The summed E-state index contributed by atoms with van der Waals surface area (Å²) in [4.78, 5) is 5.35. The van der Waals surface area contributed by atoms with Gasteiger partial charge in [0.1, 0.15) is 16.9 Å². The van der Waals surface area contributed by atoms with Gasteiger partial charge in [-0.2, -0.15) is 0 Å². The fraction of sp³-hybridized carbons (Fsp3) is 0.0851. The van der Waals surface area contributed by atoms with Gasteiger partial charge >= 0.3 is 0 Å². The van der Waals surface area contributed by atoms with Gasteiger partial charge in [0.2, 0.25) is 0 Å². The Balaban J connectivity index is 1.54. The molecular weight excluding hydrogens is 651 g/mol. The van der Waals surface area contributed by atoms with Gasteiger partial charge < -0.3 is 16.2 Å². The number of nitrogens with zero attached hydrogens (tertiary/aromatic N) is 2. The van der Waals surface area contributed by atoms with Crippen molar-refractivity contribution < 1.29 is 5.11 Å². The number of hydrogen-bond donors (Lipinski definition) is 4. The smallest absolute Gasteiger partial charge is 0.170 e. The lowest BCUT2D eigenvalue weighted by Gasteiger charge is -2.44. The third-order valence-electron chi connectivity index (χ3n) is 9.96. The second kappa shape index (κ2) is 15.4. The zero-order valence-corrected chi connectivity index (χ0v) is 29.7. The van der Waals surface area contributed by atoms with Crippen molar-refractivity contribution in [3.63, 3.8) is 0 Å². The summed E-state index contributed by atoms with van der Waals surface area (Å²) in [5.74, 6) is 8.49. The maximum atomic E-state index is 10.1. The highest BCUT2D eigenvalue weighted by molar-refractivity contribution is 5.84. The number of pyridine rings is 1. The largest absolute Gasteiger partial charge is 0.395 e. The van der Waals surface area contributed by atoms with E-state index in [-0.39, 0.29) is 6.61 Å². The SMILES string of the molecule is C/C(=C\CO)c1cc(NC(c2ccccc2)(c2ccccc2)c2ccccc2)nc(N(N)C(c2ccccc2)(c2ccccc2)c2ccccc2)c1N. The molecular formula is C47H43N5O. The number of nitrogens with two attached hydrogens (primary N) is 2. The summed E-state index contributed by atoms with van der Waals surface area (Å²) >= 11 is 0. The van der Waals surface area contributed by atoms with E-state index < -0.39 is 11.1 Å². The van der Waals surface area contributed by atoms with Gasteiger partial charge in [-0.15, -0.1) is 0 Å². The van der Waals surface area contributed by atoms with E-state index >= 15 is 0 Å². The number of aliphatic hydroxyl groups is 1. The van der Waals surface area contributed by atoms with E-state index in [4.69, 9.17) is 16.6 Å². The van der Waals surface area contributed by atoms with Gasteiger partial charge in [0.25, 0.3) is 0 Å². The van der Waals surface area contributed by atoms with Crippen molar-refractivity contribution in [1.29, 1.82) is 0 Å². The van der Waals surface area contributed by atoms with Gasteiger partial charge in [-0.25, -0.2) is 10.8 Å². The molecule has 0 atom stereocenters. The Labute approximate surface area is 311 Å². The zero-order valence-electron chi connectivity index (χ0n) is 29.7. The predicted octanol–water partition coefficient (Wildman–Crippen LogP) is 9.14. The van der Waals surface area contributed by atoms with Gasteiger partial charge in [0, 0.05) is 5.56 Å². The van der Waals surface area contributed by atoms with Crippen molar-refractivity contribution in [2.75, 3.05) is 22.7 Å². The number of benzene rings is 6. The Bertz CT molecular complexity index is 2070. The molecule has 0 aliphatic heterocycles. The van der Waals surface area contributed by atoms with Crippen molar-refractivity contribution in [2.24, 2.45) is 5.84 Å². The van der Waals surface area contributed by atoms with Crippen molar-refractivity contribution in [1.82, 2.24) is 4.98 Å². The molecule has 1 aromatic heterocycles. The van der Waals surface area contributed by atoms with Gasteiger partial charge in [-0.3, -0.25) is 5.01 Å². The summed E-state index contributed by atoms with van der Waals surface area (Å²) in [6.07, 6.45) is 1.75. The number of anilines is 3. The van der Waals surface area contributed by atoms with Crippen LogP contribution in [0.15, 0.2) is 194 Å². The number of rotatable bonds is 12. The van der Waals surface area contributed by atoms with Crippen LogP contribution < -0.4 is 21.9 Å². The van der Waals surface area contributed by atoms with Crippen LogP contribution in [0.4, 0.5) is 17.3 Å². The van der Waals surface area contributed by atoms with E-state index in [0.29, 0.717) is 22.9 Å². The predicted molar refractivity (Wildman–Crippen MR) is 218 cm³/mol. The molecule has 0 amide bonds. The fourth-order valence-electron chi connectivity index (χ4n) is 7.45. The van der Waals surface area contributed by atoms with Crippen LogP contribution in [0.2, 0.25) is 0 Å². The van der Waals surface area contributed by atoms with Crippen molar-refractivity contribution in [3.8, 4) is 0 Å². The molecule has 0 fully saturated rings. The minimum Gasteiger partial charge on any atom is -0.395 e. The number of aliphatic hydroxyl groups excluding tert-OH is 1. The normalized spacial score (nSPS) is 11.9. The molecule has 262 valence electrons. The van der Waals surface area contributed by atoms with Crippen LogP contribution in [-0.4, -0.2) is 16.7 Å². The van der Waals surface area contributed by atoms with Gasteiger partial charge in [-0.05, 0) is 51.9 Å². The number of hydrazine groups is 1. The molecule has 0 unspecified atom stereocenters. The topological polar surface area (TPSA) is 100 Å². The summed E-state index contributed by atoms with van der Waals surface area (Å²) in [5.41, 5.74) is 13.0.